The third-order valence-electron chi connectivity index (χ3n) is 4.95. The zero-order valence-corrected chi connectivity index (χ0v) is 15.9. The molecular formula is C19H28N6O. The Morgan fingerprint density at radius 3 is 2.96 bits per heavy atom. The molecule has 1 N–H and O–H groups in total. The van der Waals surface area contributed by atoms with Gasteiger partial charge in [0.1, 0.15) is 12.2 Å². The minimum absolute atomic E-state index is 0.000810. The van der Waals surface area contributed by atoms with E-state index in [4.69, 9.17) is 0 Å². The number of hydrogen-bond acceptors (Lipinski definition) is 5. The van der Waals surface area contributed by atoms with E-state index in [2.05, 4.69) is 20.4 Å². The highest BCUT2D eigenvalue weighted by atomic mass is 16.1. The number of anilines is 1. The topological polar surface area (TPSA) is 66.3 Å². The maximum atomic E-state index is 12.5. The van der Waals surface area contributed by atoms with Gasteiger partial charge in [0.2, 0.25) is 0 Å². The number of aromatic nitrogens is 3. The summed E-state index contributed by atoms with van der Waals surface area (Å²) < 4.78 is 1.96. The van der Waals surface area contributed by atoms with E-state index < -0.39 is 0 Å². The molecule has 1 aliphatic heterocycles. The lowest BCUT2D eigenvalue weighted by Crippen LogP contribution is -2.41. The van der Waals surface area contributed by atoms with Gasteiger partial charge in [0.25, 0.3) is 5.91 Å². The number of carbonyl (C=O) groups is 1. The highest BCUT2D eigenvalue weighted by Gasteiger charge is 2.22. The van der Waals surface area contributed by atoms with Crippen molar-refractivity contribution in [2.45, 2.75) is 19.4 Å². The van der Waals surface area contributed by atoms with Crippen molar-refractivity contribution in [1.82, 2.24) is 25.0 Å². The lowest BCUT2D eigenvalue weighted by atomic mass is 9.98. The fourth-order valence-corrected chi connectivity index (χ4v) is 3.38. The molecule has 1 saturated heterocycles. The maximum Gasteiger partial charge on any atom is 0.251 e. The third-order valence-corrected chi connectivity index (χ3v) is 4.95. The summed E-state index contributed by atoms with van der Waals surface area (Å²) in [6.45, 7) is 3.57. The van der Waals surface area contributed by atoms with Crippen LogP contribution in [0.4, 0.5) is 5.69 Å². The highest BCUT2D eigenvalue weighted by Crippen LogP contribution is 2.18. The Kier molecular flexibility index (Phi) is 5.88. The summed E-state index contributed by atoms with van der Waals surface area (Å²) in [4.78, 5) is 16.9. The molecule has 0 bridgehead atoms. The van der Waals surface area contributed by atoms with Gasteiger partial charge in [-0.05, 0) is 43.5 Å². The number of hydrogen-bond donors (Lipinski definition) is 1. The minimum Gasteiger partial charge on any atom is -0.378 e. The summed E-state index contributed by atoms with van der Waals surface area (Å²) in [5.41, 5.74) is 1.74. The number of nitrogens with one attached hydrogen (secondary N) is 1. The van der Waals surface area contributed by atoms with Gasteiger partial charge in [0.15, 0.2) is 0 Å². The fourth-order valence-electron chi connectivity index (χ4n) is 3.38. The molecule has 0 radical (unpaired) electrons. The van der Waals surface area contributed by atoms with Crippen LogP contribution >= 0.6 is 0 Å². The van der Waals surface area contributed by atoms with E-state index in [1.807, 2.05) is 54.9 Å². The van der Waals surface area contributed by atoms with E-state index >= 15 is 0 Å². The van der Waals surface area contributed by atoms with E-state index in [9.17, 15) is 4.79 Å². The number of piperidine rings is 1. The van der Waals surface area contributed by atoms with Gasteiger partial charge in [-0.25, -0.2) is 0 Å². The van der Waals surface area contributed by atoms with E-state index in [-0.39, 0.29) is 5.91 Å². The molecule has 1 aliphatic rings. The molecule has 26 heavy (non-hydrogen) atoms. The number of likely N-dealkylation sites (tertiary alicyclic amines) is 1. The van der Waals surface area contributed by atoms with Crippen LogP contribution in [-0.2, 0) is 13.6 Å². The van der Waals surface area contributed by atoms with Gasteiger partial charge < -0.3 is 14.8 Å². The SMILES string of the molecule is CN(C)c1cccc(C(=O)NCC2CCCN(Cc3nncn3C)C2)c1. The summed E-state index contributed by atoms with van der Waals surface area (Å²) in [6, 6.07) is 7.72. The summed E-state index contributed by atoms with van der Waals surface area (Å²) in [6.07, 6.45) is 4.03. The summed E-state index contributed by atoms with van der Waals surface area (Å²) >= 11 is 0. The first-order valence-corrected chi connectivity index (χ1v) is 9.13. The van der Waals surface area contributed by atoms with Gasteiger partial charge in [-0.3, -0.25) is 9.69 Å². The second kappa shape index (κ2) is 8.31. The zero-order chi connectivity index (χ0) is 18.5. The Hall–Kier alpha value is -2.41. The normalized spacial score (nSPS) is 17.9. The molecule has 1 aromatic carbocycles. The molecule has 1 fully saturated rings. The molecule has 1 atom stereocenters. The first-order chi connectivity index (χ1) is 12.5. The molecule has 3 rings (SSSR count). The van der Waals surface area contributed by atoms with Crippen LogP contribution in [0.2, 0.25) is 0 Å². The van der Waals surface area contributed by atoms with Gasteiger partial charge in [0.05, 0.1) is 6.54 Å². The van der Waals surface area contributed by atoms with Crippen LogP contribution in [0.3, 0.4) is 0 Å². The Labute approximate surface area is 155 Å². The number of nitrogens with zero attached hydrogens (tertiary/aromatic N) is 5. The van der Waals surface area contributed by atoms with Gasteiger partial charge in [0, 0.05) is 45.5 Å². The van der Waals surface area contributed by atoms with Crippen LogP contribution in [0.1, 0.15) is 29.0 Å². The molecule has 0 aliphatic carbocycles. The molecule has 2 heterocycles. The summed E-state index contributed by atoms with van der Waals surface area (Å²) in [5, 5.41) is 11.2. The van der Waals surface area contributed by atoms with E-state index in [0.29, 0.717) is 18.0 Å². The smallest absolute Gasteiger partial charge is 0.251 e. The monoisotopic (exact) mass is 356 g/mol. The average molecular weight is 356 g/mol. The molecule has 1 unspecified atom stereocenters. The number of carbonyl (C=O) groups excluding carboxylic acids is 1. The summed E-state index contributed by atoms with van der Waals surface area (Å²) in [5.74, 6) is 1.45. The van der Waals surface area contributed by atoms with Gasteiger partial charge in [-0.2, -0.15) is 0 Å². The van der Waals surface area contributed by atoms with Crippen molar-refractivity contribution in [3.05, 3.63) is 42.0 Å². The van der Waals surface area contributed by atoms with Gasteiger partial charge in [-0.1, -0.05) is 6.07 Å². The second-order valence-corrected chi connectivity index (χ2v) is 7.26. The molecular weight excluding hydrogens is 328 g/mol. The Bertz CT molecular complexity index is 741. The van der Waals surface area contributed by atoms with E-state index in [1.165, 1.54) is 0 Å². The molecule has 1 aromatic heterocycles. The van der Waals surface area contributed by atoms with E-state index in [1.54, 1.807) is 6.33 Å². The Balaban J connectivity index is 1.51. The standard InChI is InChI=1S/C19H28N6O/c1-23(2)17-8-4-7-16(10-17)19(26)20-11-15-6-5-9-25(12-15)13-18-22-21-14-24(18)3/h4,7-8,10,14-15H,5-6,9,11-13H2,1-3H3,(H,20,26). The van der Waals surface area contributed by atoms with Crippen molar-refractivity contribution >= 4 is 11.6 Å². The molecule has 1 amide bonds. The molecule has 0 saturated carbocycles. The number of rotatable bonds is 6. The first kappa shape index (κ1) is 18.4. The van der Waals surface area contributed by atoms with Crippen LogP contribution in [0, 0.1) is 5.92 Å². The van der Waals surface area contributed by atoms with Crippen LogP contribution < -0.4 is 10.2 Å². The molecule has 2 aromatic rings. The maximum absolute atomic E-state index is 12.5. The number of aryl methyl sites for hydroxylation is 1. The molecule has 7 heteroatoms. The van der Waals surface area contributed by atoms with Crippen LogP contribution in [0.15, 0.2) is 30.6 Å². The number of amides is 1. The highest BCUT2D eigenvalue weighted by molar-refractivity contribution is 5.95. The van der Waals surface area contributed by atoms with E-state index in [0.717, 1.165) is 44.0 Å². The molecule has 7 nitrogen and oxygen atoms in total. The van der Waals surface area contributed by atoms with Gasteiger partial charge >= 0.3 is 0 Å². The molecule has 140 valence electrons. The van der Waals surface area contributed by atoms with Gasteiger partial charge in [-0.15, -0.1) is 10.2 Å². The van der Waals surface area contributed by atoms with Crippen LogP contribution in [0.5, 0.6) is 0 Å². The molecule has 0 spiro atoms. The van der Waals surface area contributed by atoms with Crippen molar-refractivity contribution in [3.63, 3.8) is 0 Å². The van der Waals surface area contributed by atoms with Crippen molar-refractivity contribution in [2.24, 2.45) is 13.0 Å². The number of benzene rings is 1. The van der Waals surface area contributed by atoms with Crippen molar-refractivity contribution < 1.29 is 4.79 Å². The van der Waals surface area contributed by atoms with Crippen molar-refractivity contribution in [1.29, 1.82) is 0 Å². The predicted molar refractivity (Wildman–Crippen MR) is 102 cm³/mol. The lowest BCUT2D eigenvalue weighted by Gasteiger charge is -2.32. The summed E-state index contributed by atoms with van der Waals surface area (Å²) in [7, 11) is 5.92. The zero-order valence-electron chi connectivity index (χ0n) is 15.9. The largest absolute Gasteiger partial charge is 0.378 e. The average Bonchev–Trinajstić information content (AvgIpc) is 3.05. The van der Waals surface area contributed by atoms with Crippen LogP contribution in [-0.4, -0.2) is 59.3 Å². The third kappa shape index (κ3) is 4.60. The van der Waals surface area contributed by atoms with Crippen LogP contribution in [0.25, 0.3) is 0 Å². The quantitative estimate of drug-likeness (QED) is 0.850. The second-order valence-electron chi connectivity index (χ2n) is 7.26. The first-order valence-electron chi connectivity index (χ1n) is 9.13. The lowest BCUT2D eigenvalue weighted by molar-refractivity contribution is 0.0929. The minimum atomic E-state index is -0.000810. The Morgan fingerprint density at radius 1 is 1.38 bits per heavy atom. The fraction of sp³-hybridized carbons (Fsp3) is 0.526. The Morgan fingerprint density at radius 2 is 2.23 bits per heavy atom. The van der Waals surface area contributed by atoms with Crippen molar-refractivity contribution in [2.75, 3.05) is 38.6 Å². The predicted octanol–water partition coefficient (Wildman–Crippen LogP) is 1.52. The van der Waals surface area contributed by atoms with Crippen molar-refractivity contribution in [3.8, 4) is 0 Å².